The molecule has 0 spiro atoms. The van der Waals surface area contributed by atoms with Crippen molar-refractivity contribution in [2.45, 2.75) is 38.8 Å². The molecule has 0 aromatic heterocycles. The standard InChI is InChI=1S/C23H40FN7O3/c1-2-9-23(33)29-13-8-4-7-12-26-16-27-17-30-22(14-20-10-5-3-6-11-20)31(24)18-28-19-34-15-21(25)32/h2-3,5-6,9-11,22,26-28,30H,4,7-8,12-19H2,1H3,(H2,25,32)(H,29,33)/b9-2-. The lowest BCUT2D eigenvalue weighted by molar-refractivity contribution is -0.123. The number of primary amides is 1. The van der Waals surface area contributed by atoms with Gasteiger partial charge in [-0.1, -0.05) is 42.8 Å². The molecule has 7 N–H and O–H groups in total. The SMILES string of the molecule is C/C=C\C(=O)NCCCCCNCNCNC(Cc1ccccc1)N(F)CNCOCC(N)=O. The second-order valence-corrected chi connectivity index (χ2v) is 7.63. The normalized spacial score (nSPS) is 12.3. The van der Waals surface area contributed by atoms with E-state index in [0.717, 1.165) is 31.4 Å². The van der Waals surface area contributed by atoms with Crippen molar-refractivity contribution in [3.63, 3.8) is 0 Å². The van der Waals surface area contributed by atoms with Crippen LogP contribution in [0.3, 0.4) is 0 Å². The number of allylic oxidation sites excluding steroid dienone is 1. The molecule has 34 heavy (non-hydrogen) atoms. The van der Waals surface area contributed by atoms with Gasteiger partial charge in [-0.15, -0.1) is 9.60 Å². The van der Waals surface area contributed by atoms with Crippen LogP contribution in [0.5, 0.6) is 0 Å². The van der Waals surface area contributed by atoms with E-state index < -0.39 is 12.1 Å². The summed E-state index contributed by atoms with van der Waals surface area (Å²) in [6.45, 7) is 4.09. The molecule has 1 aromatic carbocycles. The summed E-state index contributed by atoms with van der Waals surface area (Å²) in [5, 5.41) is 15.9. The van der Waals surface area contributed by atoms with E-state index in [1.54, 1.807) is 6.08 Å². The maximum absolute atomic E-state index is 14.7. The predicted molar refractivity (Wildman–Crippen MR) is 131 cm³/mol. The Morgan fingerprint density at radius 3 is 2.59 bits per heavy atom. The molecule has 1 unspecified atom stereocenters. The highest BCUT2D eigenvalue weighted by molar-refractivity contribution is 5.87. The van der Waals surface area contributed by atoms with Crippen LogP contribution >= 0.6 is 0 Å². The fourth-order valence-electron chi connectivity index (χ4n) is 3.00. The third-order valence-corrected chi connectivity index (χ3v) is 4.68. The summed E-state index contributed by atoms with van der Waals surface area (Å²) >= 11 is 0. The van der Waals surface area contributed by atoms with E-state index >= 15 is 0 Å². The zero-order chi connectivity index (χ0) is 24.9. The number of nitrogens with two attached hydrogens (primary N) is 1. The van der Waals surface area contributed by atoms with Crippen LogP contribution in [-0.4, -0.2) is 69.5 Å². The van der Waals surface area contributed by atoms with Gasteiger partial charge in [0.1, 0.15) is 6.61 Å². The van der Waals surface area contributed by atoms with Crippen molar-refractivity contribution in [3.05, 3.63) is 48.0 Å². The minimum atomic E-state index is -0.573. The van der Waals surface area contributed by atoms with Crippen LogP contribution in [0.1, 0.15) is 31.7 Å². The van der Waals surface area contributed by atoms with Gasteiger partial charge in [-0.05, 0) is 37.9 Å². The van der Waals surface area contributed by atoms with Crippen molar-refractivity contribution < 1.29 is 18.8 Å². The van der Waals surface area contributed by atoms with E-state index in [4.69, 9.17) is 10.5 Å². The van der Waals surface area contributed by atoms with Gasteiger partial charge in [0.05, 0.1) is 19.6 Å². The summed E-state index contributed by atoms with van der Waals surface area (Å²) in [7, 11) is 0. The van der Waals surface area contributed by atoms with E-state index in [1.165, 1.54) is 6.08 Å². The number of hydrogen-bond donors (Lipinski definition) is 6. The van der Waals surface area contributed by atoms with E-state index in [0.29, 0.717) is 31.4 Å². The van der Waals surface area contributed by atoms with Gasteiger partial charge in [-0.25, -0.2) is 0 Å². The molecule has 0 bridgehead atoms. The van der Waals surface area contributed by atoms with Crippen molar-refractivity contribution >= 4 is 11.8 Å². The third kappa shape index (κ3) is 16.2. The first-order chi connectivity index (χ1) is 16.5. The fourth-order valence-corrected chi connectivity index (χ4v) is 3.00. The highest BCUT2D eigenvalue weighted by atomic mass is 19.2. The van der Waals surface area contributed by atoms with Crippen LogP contribution in [-0.2, 0) is 20.7 Å². The first kappa shape index (κ1) is 29.6. The second-order valence-electron chi connectivity index (χ2n) is 7.63. The zero-order valence-corrected chi connectivity index (χ0v) is 20.0. The Kier molecular flexibility index (Phi) is 17.4. The lowest BCUT2D eigenvalue weighted by Gasteiger charge is -2.25. The summed E-state index contributed by atoms with van der Waals surface area (Å²) in [6.07, 6.45) is 6.12. The molecule has 0 saturated carbocycles. The minimum absolute atomic E-state index is 0.0196. The molecule has 1 rings (SSSR count). The van der Waals surface area contributed by atoms with Crippen LogP contribution < -0.4 is 32.3 Å². The van der Waals surface area contributed by atoms with Gasteiger partial charge in [0.15, 0.2) is 0 Å². The van der Waals surface area contributed by atoms with Gasteiger partial charge in [0, 0.05) is 26.3 Å². The number of hydrogen-bond acceptors (Lipinski definition) is 8. The Hall–Kier alpha value is -2.41. The monoisotopic (exact) mass is 481 g/mol. The van der Waals surface area contributed by atoms with Crippen LogP contribution in [0.25, 0.3) is 0 Å². The summed E-state index contributed by atoms with van der Waals surface area (Å²) < 4.78 is 19.7. The molecule has 1 aromatic rings. The molecule has 192 valence electrons. The van der Waals surface area contributed by atoms with E-state index in [1.807, 2.05) is 37.3 Å². The molecule has 1 atom stereocenters. The third-order valence-electron chi connectivity index (χ3n) is 4.68. The Balaban J connectivity index is 2.20. The fraction of sp³-hybridized carbons (Fsp3) is 0.565. The van der Waals surface area contributed by atoms with Crippen molar-refractivity contribution in [2.75, 3.05) is 46.4 Å². The number of rotatable bonds is 21. The first-order valence-electron chi connectivity index (χ1n) is 11.6. The number of unbranched alkanes of at least 4 members (excludes halogenated alkanes) is 2. The first-order valence-corrected chi connectivity index (χ1v) is 11.6. The lowest BCUT2D eigenvalue weighted by atomic mass is 10.1. The van der Waals surface area contributed by atoms with Crippen LogP contribution in [0, 0.1) is 0 Å². The number of halogens is 1. The Morgan fingerprint density at radius 1 is 1.09 bits per heavy atom. The van der Waals surface area contributed by atoms with Crippen molar-refractivity contribution in [2.24, 2.45) is 5.73 Å². The van der Waals surface area contributed by atoms with Crippen molar-refractivity contribution in [3.8, 4) is 0 Å². The van der Waals surface area contributed by atoms with Gasteiger partial charge in [-0.3, -0.25) is 25.5 Å². The summed E-state index contributed by atoms with van der Waals surface area (Å²) in [5.41, 5.74) is 6.01. The van der Waals surface area contributed by atoms with Crippen LogP contribution in [0.15, 0.2) is 42.5 Å². The maximum atomic E-state index is 14.7. The molecular weight excluding hydrogens is 441 g/mol. The molecule has 0 aliphatic rings. The number of nitrogens with one attached hydrogen (secondary N) is 5. The molecular formula is C23H40FN7O3. The van der Waals surface area contributed by atoms with Gasteiger partial charge < -0.3 is 21.1 Å². The molecule has 10 nitrogen and oxygen atoms in total. The predicted octanol–water partition coefficient (Wildman–Crippen LogP) is 0.295. The Morgan fingerprint density at radius 2 is 1.85 bits per heavy atom. The zero-order valence-electron chi connectivity index (χ0n) is 20.0. The highest BCUT2D eigenvalue weighted by Crippen LogP contribution is 2.07. The number of benzene rings is 1. The quantitative estimate of drug-likeness (QED) is 0.0639. The summed E-state index contributed by atoms with van der Waals surface area (Å²) in [6, 6.07) is 9.66. The Bertz CT molecular complexity index is 694. The highest BCUT2D eigenvalue weighted by Gasteiger charge is 2.18. The van der Waals surface area contributed by atoms with E-state index in [2.05, 4.69) is 26.6 Å². The molecule has 0 aliphatic carbocycles. The molecule has 0 saturated heterocycles. The average Bonchev–Trinajstić information content (AvgIpc) is 2.82. The number of carbonyl (C=O) groups is 2. The minimum Gasteiger partial charge on any atom is -0.368 e. The number of amides is 2. The molecule has 0 aliphatic heterocycles. The maximum Gasteiger partial charge on any atom is 0.243 e. The smallest absolute Gasteiger partial charge is 0.243 e. The molecule has 0 radical (unpaired) electrons. The van der Waals surface area contributed by atoms with Gasteiger partial charge in [0.2, 0.25) is 11.8 Å². The number of ether oxygens (including phenoxy) is 1. The molecule has 0 heterocycles. The van der Waals surface area contributed by atoms with Crippen LogP contribution in [0.2, 0.25) is 0 Å². The largest absolute Gasteiger partial charge is 0.368 e. The van der Waals surface area contributed by atoms with Gasteiger partial charge >= 0.3 is 0 Å². The van der Waals surface area contributed by atoms with Crippen LogP contribution in [0.4, 0.5) is 4.48 Å². The summed E-state index contributed by atoms with van der Waals surface area (Å²) in [4.78, 5) is 22.0. The molecule has 2 amide bonds. The number of carbonyl (C=O) groups excluding carboxylic acids is 2. The van der Waals surface area contributed by atoms with Crippen molar-refractivity contribution in [1.29, 1.82) is 0 Å². The molecule has 11 heteroatoms. The molecule has 0 fully saturated rings. The number of nitrogens with zero attached hydrogens (tertiary/aromatic N) is 1. The Labute approximate surface area is 201 Å². The van der Waals surface area contributed by atoms with Crippen molar-refractivity contribution in [1.82, 2.24) is 31.7 Å². The van der Waals surface area contributed by atoms with Gasteiger partial charge in [0.25, 0.3) is 0 Å². The summed E-state index contributed by atoms with van der Waals surface area (Å²) in [5.74, 6) is -0.627. The second kappa shape index (κ2) is 20.0. The average molecular weight is 482 g/mol. The topological polar surface area (TPSA) is 133 Å². The van der Waals surface area contributed by atoms with E-state index in [9.17, 15) is 14.1 Å². The lowest BCUT2D eigenvalue weighted by Crippen LogP contribution is -2.50. The van der Waals surface area contributed by atoms with Gasteiger partial charge in [-0.2, -0.15) is 0 Å². The van der Waals surface area contributed by atoms with E-state index in [-0.39, 0.29) is 25.9 Å².